The molecule has 0 saturated carbocycles. The maximum absolute atomic E-state index is 11.1. The number of aryl methyl sites for hydroxylation is 2. The van der Waals surface area contributed by atoms with Crippen LogP contribution >= 0.6 is 15.9 Å². The summed E-state index contributed by atoms with van der Waals surface area (Å²) in [5.41, 5.74) is 2.89. The molecule has 20 heavy (non-hydrogen) atoms. The molecule has 0 saturated heterocycles. The van der Waals surface area contributed by atoms with Crippen molar-refractivity contribution in [3.05, 3.63) is 34.3 Å². The summed E-state index contributed by atoms with van der Waals surface area (Å²) in [4.78, 5) is 15.3. The summed E-state index contributed by atoms with van der Waals surface area (Å²) in [5.74, 6) is -0.484. The molecule has 0 bridgehead atoms. The van der Waals surface area contributed by atoms with Crippen molar-refractivity contribution in [2.45, 2.75) is 6.92 Å². The summed E-state index contributed by atoms with van der Waals surface area (Å²) >= 11 is 3.30. The van der Waals surface area contributed by atoms with Crippen LogP contribution in [0.4, 0.5) is 0 Å². The molecule has 0 aliphatic heterocycles. The molecule has 0 aliphatic carbocycles. The van der Waals surface area contributed by atoms with Crippen molar-refractivity contribution in [2.24, 2.45) is 7.05 Å². The van der Waals surface area contributed by atoms with Gasteiger partial charge in [0.05, 0.1) is 10.2 Å². The average molecular weight is 336 g/mol. The van der Waals surface area contributed by atoms with Crippen LogP contribution in [-0.4, -0.2) is 25.8 Å². The number of benzene rings is 1. The van der Waals surface area contributed by atoms with Crippen molar-refractivity contribution in [2.75, 3.05) is 0 Å². The lowest BCUT2D eigenvalue weighted by molar-refractivity contribution is 0.0688. The molecule has 2 aromatic heterocycles. The van der Waals surface area contributed by atoms with Crippen LogP contribution in [0.2, 0.25) is 0 Å². The number of carboxylic acid groups (broad SMARTS) is 1. The Labute approximate surface area is 122 Å². The van der Waals surface area contributed by atoms with Crippen LogP contribution in [0.15, 0.2) is 27.1 Å². The van der Waals surface area contributed by atoms with E-state index in [0.717, 1.165) is 11.1 Å². The van der Waals surface area contributed by atoms with Gasteiger partial charge >= 0.3 is 5.97 Å². The first kappa shape index (κ1) is 12.9. The van der Waals surface area contributed by atoms with Crippen LogP contribution in [0.3, 0.4) is 0 Å². The summed E-state index contributed by atoms with van der Waals surface area (Å²) in [5, 5.41) is 13.1. The highest BCUT2D eigenvalue weighted by molar-refractivity contribution is 9.10. The van der Waals surface area contributed by atoms with Crippen LogP contribution in [0, 0.1) is 6.92 Å². The number of aromatic carboxylic acids is 1. The molecule has 102 valence electrons. The molecule has 3 aromatic rings. The Morgan fingerprint density at radius 3 is 2.85 bits per heavy atom. The fourth-order valence-electron chi connectivity index (χ4n) is 2.14. The van der Waals surface area contributed by atoms with Crippen LogP contribution < -0.4 is 0 Å². The molecule has 7 heteroatoms. The largest absolute Gasteiger partial charge is 0.476 e. The Morgan fingerprint density at radius 1 is 1.45 bits per heavy atom. The first-order valence-corrected chi connectivity index (χ1v) is 6.60. The standard InChI is InChI=1S/C13H10BrN3O3/c1-6-15-8-4-3-7(5-9(8)20-6)12-10(14)11(13(18)19)16-17(12)2/h3-5H,1-2H3,(H,18,19). The number of halogens is 1. The van der Waals surface area contributed by atoms with Crippen LogP contribution in [0.25, 0.3) is 22.4 Å². The maximum atomic E-state index is 11.1. The van der Waals surface area contributed by atoms with E-state index in [0.29, 0.717) is 21.6 Å². The Morgan fingerprint density at radius 2 is 2.20 bits per heavy atom. The summed E-state index contributed by atoms with van der Waals surface area (Å²) in [6.07, 6.45) is 0. The first-order valence-electron chi connectivity index (χ1n) is 5.80. The van der Waals surface area contributed by atoms with Gasteiger partial charge in [-0.15, -0.1) is 0 Å². The van der Waals surface area contributed by atoms with Gasteiger partial charge < -0.3 is 9.52 Å². The normalized spacial score (nSPS) is 11.2. The van der Waals surface area contributed by atoms with E-state index in [1.807, 2.05) is 18.2 Å². The zero-order chi connectivity index (χ0) is 14.4. The SMILES string of the molecule is Cc1nc2ccc(-c3c(Br)c(C(=O)O)nn3C)cc2o1. The lowest BCUT2D eigenvalue weighted by Gasteiger charge is -2.02. The molecule has 0 fully saturated rings. The van der Waals surface area contributed by atoms with E-state index in [1.165, 1.54) is 4.68 Å². The lowest BCUT2D eigenvalue weighted by atomic mass is 10.1. The number of rotatable bonds is 2. The van der Waals surface area contributed by atoms with Gasteiger partial charge in [-0.05, 0) is 28.1 Å². The molecule has 0 radical (unpaired) electrons. The zero-order valence-corrected chi connectivity index (χ0v) is 12.3. The highest BCUT2D eigenvalue weighted by atomic mass is 79.9. The number of oxazole rings is 1. The molecule has 2 heterocycles. The third-order valence-electron chi connectivity index (χ3n) is 2.96. The number of carboxylic acids is 1. The van der Waals surface area contributed by atoms with Crippen LogP contribution in [-0.2, 0) is 7.05 Å². The van der Waals surface area contributed by atoms with Crippen molar-refractivity contribution in [3.8, 4) is 11.3 Å². The third-order valence-corrected chi connectivity index (χ3v) is 3.71. The third kappa shape index (κ3) is 1.90. The highest BCUT2D eigenvalue weighted by Crippen LogP contribution is 2.32. The van der Waals surface area contributed by atoms with Gasteiger partial charge in [0.1, 0.15) is 5.52 Å². The predicted octanol–water partition coefficient (Wildman–Crippen LogP) is 3.00. The predicted molar refractivity (Wildman–Crippen MR) is 75.6 cm³/mol. The average Bonchev–Trinajstić information content (AvgIpc) is 2.88. The Balaban J connectivity index is 2.22. The van der Waals surface area contributed by atoms with Gasteiger partial charge in [-0.3, -0.25) is 4.68 Å². The van der Waals surface area contributed by atoms with Gasteiger partial charge in [0.25, 0.3) is 0 Å². The Hall–Kier alpha value is -2.15. The molecule has 1 aromatic carbocycles. The zero-order valence-electron chi connectivity index (χ0n) is 10.7. The van der Waals surface area contributed by atoms with E-state index in [2.05, 4.69) is 26.0 Å². The van der Waals surface area contributed by atoms with Gasteiger partial charge in [0, 0.05) is 19.5 Å². The minimum absolute atomic E-state index is 0.0173. The summed E-state index contributed by atoms with van der Waals surface area (Å²) in [6, 6.07) is 5.52. The first-order chi connectivity index (χ1) is 9.47. The number of aromatic nitrogens is 3. The maximum Gasteiger partial charge on any atom is 0.357 e. The minimum atomic E-state index is -1.07. The smallest absolute Gasteiger partial charge is 0.357 e. The second-order valence-corrected chi connectivity index (χ2v) is 5.15. The number of nitrogens with zero attached hydrogens (tertiary/aromatic N) is 3. The molecule has 0 spiro atoms. The molecular weight excluding hydrogens is 326 g/mol. The molecule has 0 amide bonds. The van der Waals surface area contributed by atoms with Crippen molar-refractivity contribution in [3.63, 3.8) is 0 Å². The topological polar surface area (TPSA) is 81.1 Å². The van der Waals surface area contributed by atoms with Crippen molar-refractivity contribution < 1.29 is 14.3 Å². The second-order valence-electron chi connectivity index (χ2n) is 4.36. The summed E-state index contributed by atoms with van der Waals surface area (Å²) in [7, 11) is 1.70. The van der Waals surface area contributed by atoms with E-state index in [9.17, 15) is 4.79 Å². The van der Waals surface area contributed by atoms with Crippen LogP contribution in [0.5, 0.6) is 0 Å². The number of fused-ring (bicyclic) bond motifs is 1. The van der Waals surface area contributed by atoms with E-state index in [1.54, 1.807) is 14.0 Å². The molecule has 3 rings (SSSR count). The van der Waals surface area contributed by atoms with Crippen molar-refractivity contribution >= 4 is 33.0 Å². The fourth-order valence-corrected chi connectivity index (χ4v) is 2.87. The lowest BCUT2D eigenvalue weighted by Crippen LogP contribution is -1.99. The van der Waals surface area contributed by atoms with Crippen molar-refractivity contribution in [1.29, 1.82) is 0 Å². The van der Waals surface area contributed by atoms with Gasteiger partial charge in [-0.25, -0.2) is 9.78 Å². The highest BCUT2D eigenvalue weighted by Gasteiger charge is 2.20. The molecule has 6 nitrogen and oxygen atoms in total. The molecule has 0 atom stereocenters. The molecule has 0 unspecified atom stereocenters. The Bertz CT molecular complexity index is 835. The van der Waals surface area contributed by atoms with Gasteiger partial charge in [0.2, 0.25) is 0 Å². The van der Waals surface area contributed by atoms with Crippen molar-refractivity contribution in [1.82, 2.24) is 14.8 Å². The van der Waals surface area contributed by atoms with Crippen LogP contribution in [0.1, 0.15) is 16.4 Å². The van der Waals surface area contributed by atoms with Gasteiger partial charge in [0.15, 0.2) is 17.2 Å². The van der Waals surface area contributed by atoms with Gasteiger partial charge in [-0.2, -0.15) is 5.10 Å². The molecule has 0 aliphatic rings. The molecular formula is C13H10BrN3O3. The van der Waals surface area contributed by atoms with E-state index in [4.69, 9.17) is 9.52 Å². The summed E-state index contributed by atoms with van der Waals surface area (Å²) in [6.45, 7) is 1.78. The monoisotopic (exact) mass is 335 g/mol. The summed E-state index contributed by atoms with van der Waals surface area (Å²) < 4.78 is 7.46. The quantitative estimate of drug-likeness (QED) is 0.778. The number of hydrogen-bond donors (Lipinski definition) is 1. The van der Waals surface area contributed by atoms with Gasteiger partial charge in [-0.1, -0.05) is 6.07 Å². The second kappa shape index (κ2) is 4.45. The van der Waals surface area contributed by atoms with E-state index in [-0.39, 0.29) is 5.69 Å². The fraction of sp³-hybridized carbons (Fsp3) is 0.154. The van der Waals surface area contributed by atoms with E-state index < -0.39 is 5.97 Å². The Kier molecular flexibility index (Phi) is 2.86. The molecule has 1 N–H and O–H groups in total. The number of carbonyl (C=O) groups is 1. The minimum Gasteiger partial charge on any atom is -0.476 e. The number of hydrogen-bond acceptors (Lipinski definition) is 4. The van der Waals surface area contributed by atoms with E-state index >= 15 is 0 Å².